The van der Waals surface area contributed by atoms with Gasteiger partial charge in [-0.2, -0.15) is 0 Å². The molecule has 2 rings (SSSR count). The van der Waals surface area contributed by atoms with Crippen LogP contribution >= 0.6 is 50.5 Å². The van der Waals surface area contributed by atoms with Gasteiger partial charge in [0.25, 0.3) is 0 Å². The highest BCUT2D eigenvalue weighted by atomic mass is 79.9. The number of hydrogen-bond acceptors (Lipinski definition) is 2. The van der Waals surface area contributed by atoms with Crippen molar-refractivity contribution in [2.24, 2.45) is 0 Å². The Kier molecular flexibility index (Phi) is 4.50. The van der Waals surface area contributed by atoms with Crippen molar-refractivity contribution >= 4 is 50.5 Å². The van der Waals surface area contributed by atoms with Crippen molar-refractivity contribution in [2.75, 3.05) is 0 Å². The molecule has 0 fully saturated rings. The van der Waals surface area contributed by atoms with Gasteiger partial charge < -0.3 is 5.11 Å². The minimum absolute atomic E-state index is 0.526. The highest BCUT2D eigenvalue weighted by molar-refractivity contribution is 9.10. The Morgan fingerprint density at radius 2 is 2.06 bits per heavy atom. The van der Waals surface area contributed by atoms with Gasteiger partial charge in [-0.1, -0.05) is 23.2 Å². The number of halogens is 3. The summed E-state index contributed by atoms with van der Waals surface area (Å²) in [4.78, 5) is 1.09. The Hall–Kier alpha value is -0.0600. The van der Waals surface area contributed by atoms with E-state index in [2.05, 4.69) is 15.9 Å². The van der Waals surface area contributed by atoms with Crippen molar-refractivity contribution in [3.8, 4) is 0 Å². The third kappa shape index (κ3) is 3.24. The first kappa shape index (κ1) is 13.4. The first-order valence-electron chi connectivity index (χ1n) is 4.93. The summed E-state index contributed by atoms with van der Waals surface area (Å²) in [7, 11) is 0. The van der Waals surface area contributed by atoms with Crippen LogP contribution in [0.2, 0.25) is 10.0 Å². The summed E-state index contributed by atoms with van der Waals surface area (Å²) >= 11 is 17.0. The topological polar surface area (TPSA) is 20.2 Å². The maximum atomic E-state index is 10.2. The number of aliphatic hydroxyl groups is 1. The zero-order chi connectivity index (χ0) is 12.4. The van der Waals surface area contributed by atoms with E-state index in [1.54, 1.807) is 29.5 Å². The van der Waals surface area contributed by atoms with E-state index in [4.69, 9.17) is 23.2 Å². The molecule has 5 heteroatoms. The van der Waals surface area contributed by atoms with Crippen LogP contribution in [-0.2, 0) is 6.42 Å². The average Bonchev–Trinajstić information content (AvgIpc) is 2.68. The lowest BCUT2D eigenvalue weighted by Gasteiger charge is -2.12. The van der Waals surface area contributed by atoms with E-state index < -0.39 is 6.10 Å². The molecule has 0 aliphatic heterocycles. The van der Waals surface area contributed by atoms with Crippen molar-refractivity contribution in [1.82, 2.24) is 0 Å². The van der Waals surface area contributed by atoms with Crippen LogP contribution in [0.1, 0.15) is 16.5 Å². The molecule has 0 saturated carbocycles. The molecule has 0 amide bonds. The highest BCUT2D eigenvalue weighted by Gasteiger charge is 2.15. The van der Waals surface area contributed by atoms with Crippen molar-refractivity contribution in [2.45, 2.75) is 12.5 Å². The van der Waals surface area contributed by atoms with E-state index in [0.29, 0.717) is 22.0 Å². The van der Waals surface area contributed by atoms with E-state index in [0.717, 1.165) is 9.35 Å². The maximum absolute atomic E-state index is 10.2. The second-order valence-electron chi connectivity index (χ2n) is 3.58. The average molecular weight is 352 g/mol. The molecule has 1 N–H and O–H groups in total. The van der Waals surface area contributed by atoms with Crippen molar-refractivity contribution < 1.29 is 5.11 Å². The lowest BCUT2D eigenvalue weighted by Crippen LogP contribution is -2.01. The van der Waals surface area contributed by atoms with E-state index in [1.165, 1.54) is 0 Å². The molecule has 0 aliphatic carbocycles. The molecule has 1 aromatic carbocycles. The summed E-state index contributed by atoms with van der Waals surface area (Å²) in [6, 6.07) is 7.08. The van der Waals surface area contributed by atoms with Crippen molar-refractivity contribution in [1.29, 1.82) is 0 Å². The Labute approximate surface area is 122 Å². The van der Waals surface area contributed by atoms with Gasteiger partial charge in [-0.3, -0.25) is 0 Å². The molecule has 0 aliphatic rings. The number of hydrogen-bond donors (Lipinski definition) is 1. The van der Waals surface area contributed by atoms with E-state index in [-0.39, 0.29) is 0 Å². The molecular formula is C12H9BrCl2OS. The Morgan fingerprint density at radius 1 is 1.29 bits per heavy atom. The first-order valence-corrected chi connectivity index (χ1v) is 7.35. The van der Waals surface area contributed by atoms with Crippen molar-refractivity contribution in [3.63, 3.8) is 0 Å². The second kappa shape index (κ2) is 5.72. The fraction of sp³-hybridized carbons (Fsp3) is 0.167. The van der Waals surface area contributed by atoms with Gasteiger partial charge in [0, 0.05) is 31.4 Å². The van der Waals surface area contributed by atoms with Crippen LogP contribution in [0.25, 0.3) is 0 Å². The zero-order valence-corrected chi connectivity index (χ0v) is 12.6. The molecule has 1 atom stereocenters. The second-order valence-corrected chi connectivity index (χ2v) is 6.28. The molecule has 17 heavy (non-hydrogen) atoms. The van der Waals surface area contributed by atoms with Gasteiger partial charge >= 0.3 is 0 Å². The van der Waals surface area contributed by atoms with Crippen LogP contribution in [0.5, 0.6) is 0 Å². The fourth-order valence-electron chi connectivity index (χ4n) is 1.53. The van der Waals surface area contributed by atoms with Gasteiger partial charge in [-0.25, -0.2) is 0 Å². The van der Waals surface area contributed by atoms with Gasteiger partial charge in [0.1, 0.15) is 0 Å². The summed E-state index contributed by atoms with van der Waals surface area (Å²) in [6.07, 6.45) is -0.116. The van der Waals surface area contributed by atoms with Crippen LogP contribution in [-0.4, -0.2) is 5.11 Å². The van der Waals surface area contributed by atoms with Gasteiger partial charge in [0.05, 0.1) is 6.10 Å². The minimum atomic E-state index is -0.642. The number of benzene rings is 1. The SMILES string of the molecule is OC(Cc1sccc1Br)c1cc(Cl)ccc1Cl. The molecule has 0 radical (unpaired) electrons. The van der Waals surface area contributed by atoms with E-state index in [1.807, 2.05) is 11.4 Å². The molecule has 2 aromatic rings. The quantitative estimate of drug-likeness (QED) is 0.816. The first-order chi connectivity index (χ1) is 8.08. The van der Waals surface area contributed by atoms with Crippen LogP contribution in [0.4, 0.5) is 0 Å². The Morgan fingerprint density at radius 3 is 2.71 bits per heavy atom. The van der Waals surface area contributed by atoms with E-state index >= 15 is 0 Å². The molecule has 1 unspecified atom stereocenters. The zero-order valence-electron chi connectivity index (χ0n) is 8.66. The maximum Gasteiger partial charge on any atom is 0.0853 e. The smallest absolute Gasteiger partial charge is 0.0853 e. The standard InChI is InChI=1S/C12H9BrCl2OS/c13-9-3-4-17-12(9)6-11(16)8-5-7(14)1-2-10(8)15/h1-5,11,16H,6H2. The summed E-state index contributed by atoms with van der Waals surface area (Å²) in [5.74, 6) is 0. The Bertz CT molecular complexity index is 527. The Balaban J connectivity index is 2.23. The minimum Gasteiger partial charge on any atom is -0.388 e. The normalized spacial score (nSPS) is 12.7. The lowest BCUT2D eigenvalue weighted by atomic mass is 10.1. The van der Waals surface area contributed by atoms with Crippen LogP contribution in [0, 0.1) is 0 Å². The third-order valence-corrected chi connectivity index (χ3v) is 4.91. The summed E-state index contributed by atoms with van der Waals surface area (Å²) in [5.41, 5.74) is 0.666. The molecule has 1 heterocycles. The van der Waals surface area contributed by atoms with Gasteiger partial charge in [0.15, 0.2) is 0 Å². The molecule has 0 spiro atoms. The molecule has 0 saturated heterocycles. The van der Waals surface area contributed by atoms with Gasteiger partial charge in [-0.05, 0) is 45.6 Å². The van der Waals surface area contributed by atoms with Crippen molar-refractivity contribution in [3.05, 3.63) is 54.6 Å². The molecule has 1 aromatic heterocycles. The number of aliphatic hydroxyl groups excluding tert-OH is 1. The van der Waals surface area contributed by atoms with E-state index in [9.17, 15) is 5.11 Å². The lowest BCUT2D eigenvalue weighted by molar-refractivity contribution is 0.179. The summed E-state index contributed by atoms with van der Waals surface area (Å²) in [6.45, 7) is 0. The third-order valence-electron chi connectivity index (χ3n) is 2.39. The number of thiophene rings is 1. The van der Waals surface area contributed by atoms with Crippen LogP contribution in [0.3, 0.4) is 0 Å². The predicted octanol–water partition coefficient (Wildman–Crippen LogP) is 5.09. The largest absolute Gasteiger partial charge is 0.388 e. The molecule has 1 nitrogen and oxygen atoms in total. The van der Waals surface area contributed by atoms with Crippen LogP contribution < -0.4 is 0 Å². The molecule has 90 valence electrons. The van der Waals surface area contributed by atoms with Gasteiger partial charge in [0.2, 0.25) is 0 Å². The molecular weight excluding hydrogens is 343 g/mol. The predicted molar refractivity (Wildman–Crippen MR) is 77.1 cm³/mol. The van der Waals surface area contributed by atoms with Crippen LogP contribution in [0.15, 0.2) is 34.1 Å². The fourth-order valence-corrected chi connectivity index (χ4v) is 3.50. The summed E-state index contributed by atoms with van der Waals surface area (Å²) in [5, 5.41) is 13.3. The monoisotopic (exact) mass is 350 g/mol. The summed E-state index contributed by atoms with van der Waals surface area (Å²) < 4.78 is 1.01. The number of rotatable bonds is 3. The molecule has 0 bridgehead atoms. The highest BCUT2D eigenvalue weighted by Crippen LogP contribution is 2.32. The van der Waals surface area contributed by atoms with Gasteiger partial charge in [-0.15, -0.1) is 11.3 Å².